The number of benzene rings is 2. The van der Waals surface area contributed by atoms with Crippen molar-refractivity contribution in [3.63, 3.8) is 0 Å². The molecule has 3 N–H and O–H groups in total. The molecule has 2 aromatic carbocycles. The average molecular weight is 435 g/mol. The predicted octanol–water partition coefficient (Wildman–Crippen LogP) is 4.05. The summed E-state index contributed by atoms with van der Waals surface area (Å²) in [6, 6.07) is 11.9. The van der Waals surface area contributed by atoms with E-state index in [1.165, 1.54) is 18.9 Å². The monoisotopic (exact) mass is 434 g/mol. The Kier molecular flexibility index (Phi) is 8.11. The number of hydrogen-bond acceptors (Lipinski definition) is 5. The van der Waals surface area contributed by atoms with Crippen molar-refractivity contribution in [2.75, 3.05) is 17.7 Å². The third-order valence-electron chi connectivity index (χ3n) is 3.58. The van der Waals surface area contributed by atoms with E-state index < -0.39 is 17.1 Å². The number of amides is 2. The highest BCUT2D eigenvalue weighted by Gasteiger charge is 2.15. The smallest absolute Gasteiger partial charge is 0.328 e. The maximum atomic E-state index is 12.5. The maximum Gasteiger partial charge on any atom is 0.328 e. The fourth-order valence-electron chi connectivity index (χ4n) is 2.22. The van der Waals surface area contributed by atoms with Crippen molar-refractivity contribution in [2.24, 2.45) is 0 Å². The van der Waals surface area contributed by atoms with Gasteiger partial charge in [-0.1, -0.05) is 17.7 Å². The fraction of sp³-hybridized carbons (Fsp3) is 0.150. The second kappa shape index (κ2) is 10.5. The number of halogens is 1. The van der Waals surface area contributed by atoms with Crippen LogP contribution in [0.5, 0.6) is 5.75 Å². The van der Waals surface area contributed by atoms with Crippen LogP contribution in [0, 0.1) is 0 Å². The largest absolute Gasteiger partial charge is 0.495 e. The molecule has 0 bridgehead atoms. The molecule has 1 atom stereocenters. The highest BCUT2D eigenvalue weighted by molar-refractivity contribution is 8.00. The van der Waals surface area contributed by atoms with Crippen LogP contribution in [0.3, 0.4) is 0 Å². The zero-order valence-electron chi connectivity index (χ0n) is 15.6. The fourth-order valence-corrected chi connectivity index (χ4v) is 3.41. The molecule has 29 heavy (non-hydrogen) atoms. The minimum Gasteiger partial charge on any atom is -0.495 e. The van der Waals surface area contributed by atoms with E-state index >= 15 is 0 Å². The molecule has 0 aliphatic carbocycles. The van der Waals surface area contributed by atoms with E-state index in [0.717, 1.165) is 17.0 Å². The van der Waals surface area contributed by atoms with Gasteiger partial charge in [0.25, 0.3) is 0 Å². The highest BCUT2D eigenvalue weighted by Crippen LogP contribution is 2.29. The molecule has 9 heteroatoms. The minimum absolute atomic E-state index is 0.213. The van der Waals surface area contributed by atoms with Gasteiger partial charge in [0.15, 0.2) is 0 Å². The third-order valence-corrected chi connectivity index (χ3v) is 4.97. The lowest BCUT2D eigenvalue weighted by atomic mass is 10.3. The van der Waals surface area contributed by atoms with Gasteiger partial charge in [0, 0.05) is 28.4 Å². The Labute approximate surface area is 177 Å². The molecular weight excluding hydrogens is 416 g/mol. The SMILES string of the molecule is COc1ccc(NC(=O)C(C)Sc2cccc(NC(=O)/C=C/C(=O)O)c2)cc1Cl. The summed E-state index contributed by atoms with van der Waals surface area (Å²) in [7, 11) is 1.51. The van der Waals surface area contributed by atoms with Crippen LogP contribution < -0.4 is 15.4 Å². The summed E-state index contributed by atoms with van der Waals surface area (Å²) in [5.74, 6) is -1.46. The topological polar surface area (TPSA) is 105 Å². The zero-order valence-corrected chi connectivity index (χ0v) is 17.2. The number of anilines is 2. The van der Waals surface area contributed by atoms with Crippen molar-refractivity contribution in [1.82, 2.24) is 0 Å². The lowest BCUT2D eigenvalue weighted by Gasteiger charge is -2.13. The number of thioether (sulfide) groups is 1. The van der Waals surface area contributed by atoms with E-state index in [2.05, 4.69) is 10.6 Å². The predicted molar refractivity (Wildman–Crippen MR) is 114 cm³/mol. The number of hydrogen-bond donors (Lipinski definition) is 3. The number of carboxylic acids is 1. The van der Waals surface area contributed by atoms with Crippen molar-refractivity contribution < 1.29 is 24.2 Å². The highest BCUT2D eigenvalue weighted by atomic mass is 35.5. The Hall–Kier alpha value is -2.97. The lowest BCUT2D eigenvalue weighted by Crippen LogP contribution is -2.22. The normalized spacial score (nSPS) is 11.7. The van der Waals surface area contributed by atoms with E-state index in [1.54, 1.807) is 49.4 Å². The van der Waals surface area contributed by atoms with Crippen molar-refractivity contribution in [3.8, 4) is 5.75 Å². The first-order chi connectivity index (χ1) is 13.8. The second-order valence-corrected chi connectivity index (χ2v) is 7.61. The molecule has 2 rings (SSSR count). The summed E-state index contributed by atoms with van der Waals surface area (Å²) in [6.07, 6.45) is 1.68. The van der Waals surface area contributed by atoms with Gasteiger partial charge in [-0.25, -0.2) is 4.79 Å². The van der Waals surface area contributed by atoms with Crippen LogP contribution in [0.25, 0.3) is 0 Å². The molecule has 0 aromatic heterocycles. The van der Waals surface area contributed by atoms with Gasteiger partial charge in [-0.2, -0.15) is 0 Å². The Morgan fingerprint density at radius 1 is 1.10 bits per heavy atom. The third kappa shape index (κ3) is 7.17. The molecule has 0 aliphatic rings. The van der Waals surface area contributed by atoms with Gasteiger partial charge in [0.2, 0.25) is 11.8 Å². The van der Waals surface area contributed by atoms with Crippen LogP contribution in [-0.4, -0.2) is 35.2 Å². The zero-order chi connectivity index (χ0) is 21.4. The molecule has 2 amide bonds. The first-order valence-electron chi connectivity index (χ1n) is 8.41. The van der Waals surface area contributed by atoms with Crippen molar-refractivity contribution in [1.29, 1.82) is 0 Å². The molecule has 0 radical (unpaired) electrons. The van der Waals surface area contributed by atoms with Gasteiger partial charge in [-0.05, 0) is 43.3 Å². The van der Waals surface area contributed by atoms with Gasteiger partial charge in [-0.3, -0.25) is 9.59 Å². The van der Waals surface area contributed by atoms with Crippen LogP contribution in [0.15, 0.2) is 59.5 Å². The van der Waals surface area contributed by atoms with Crippen LogP contribution >= 0.6 is 23.4 Å². The van der Waals surface area contributed by atoms with Gasteiger partial charge in [-0.15, -0.1) is 11.8 Å². The number of aliphatic carboxylic acids is 1. The molecular formula is C20H19ClN2O5S. The molecule has 152 valence electrons. The number of carboxylic acid groups (broad SMARTS) is 1. The van der Waals surface area contributed by atoms with Crippen molar-refractivity contribution in [2.45, 2.75) is 17.1 Å². The summed E-state index contributed by atoms with van der Waals surface area (Å²) < 4.78 is 5.09. The van der Waals surface area contributed by atoms with Crippen LogP contribution in [0.2, 0.25) is 5.02 Å². The number of rotatable bonds is 8. The second-order valence-electron chi connectivity index (χ2n) is 5.79. The van der Waals surface area contributed by atoms with Crippen molar-refractivity contribution in [3.05, 3.63) is 59.6 Å². The maximum absolute atomic E-state index is 12.5. The van der Waals surface area contributed by atoms with E-state index in [1.807, 2.05) is 0 Å². The summed E-state index contributed by atoms with van der Waals surface area (Å²) in [5.41, 5.74) is 1.05. The van der Waals surface area contributed by atoms with Crippen LogP contribution in [-0.2, 0) is 14.4 Å². The number of ether oxygens (including phenoxy) is 1. The number of nitrogens with one attached hydrogen (secondary N) is 2. The van der Waals surface area contributed by atoms with Gasteiger partial charge >= 0.3 is 5.97 Å². The van der Waals surface area contributed by atoms with Crippen LogP contribution in [0.4, 0.5) is 11.4 Å². The first kappa shape index (κ1) is 22.3. The van der Waals surface area contributed by atoms with Gasteiger partial charge < -0.3 is 20.5 Å². The number of methoxy groups -OCH3 is 1. The molecule has 1 unspecified atom stereocenters. The molecule has 7 nitrogen and oxygen atoms in total. The summed E-state index contributed by atoms with van der Waals surface area (Å²) in [6.45, 7) is 1.76. The summed E-state index contributed by atoms with van der Waals surface area (Å²) in [5, 5.41) is 13.9. The Morgan fingerprint density at radius 3 is 2.48 bits per heavy atom. The Morgan fingerprint density at radius 2 is 1.83 bits per heavy atom. The molecule has 0 aliphatic heterocycles. The minimum atomic E-state index is -1.21. The van der Waals surface area contributed by atoms with Crippen molar-refractivity contribution >= 4 is 52.5 Å². The molecule has 0 saturated carbocycles. The number of carbonyl (C=O) groups excluding carboxylic acids is 2. The Balaban J connectivity index is 1.98. The van der Waals surface area contributed by atoms with E-state index in [4.69, 9.17) is 21.4 Å². The van der Waals surface area contributed by atoms with Crippen LogP contribution in [0.1, 0.15) is 6.92 Å². The standard InChI is InChI=1S/C20H19ClN2O5S/c1-12(20(27)23-14-6-7-17(28-2)16(21)11-14)29-15-5-3-4-13(10-15)22-18(24)8-9-19(25)26/h3-12H,1-2H3,(H,22,24)(H,23,27)(H,25,26)/b9-8+. The molecule has 0 fully saturated rings. The van der Waals surface area contributed by atoms with Gasteiger partial charge in [0.1, 0.15) is 5.75 Å². The quantitative estimate of drug-likeness (QED) is 0.427. The summed E-state index contributed by atoms with van der Waals surface area (Å²) in [4.78, 5) is 35.4. The molecule has 0 heterocycles. The molecule has 0 saturated heterocycles. The summed E-state index contributed by atoms with van der Waals surface area (Å²) >= 11 is 7.38. The first-order valence-corrected chi connectivity index (χ1v) is 9.67. The van der Waals surface area contributed by atoms with E-state index in [0.29, 0.717) is 22.1 Å². The lowest BCUT2D eigenvalue weighted by molar-refractivity contribution is -0.131. The number of carbonyl (C=O) groups is 3. The van der Waals surface area contributed by atoms with E-state index in [9.17, 15) is 14.4 Å². The van der Waals surface area contributed by atoms with Gasteiger partial charge in [0.05, 0.1) is 17.4 Å². The van der Waals surface area contributed by atoms with E-state index in [-0.39, 0.29) is 5.91 Å². The molecule has 2 aromatic rings. The Bertz CT molecular complexity index is 948. The molecule has 0 spiro atoms. The average Bonchev–Trinajstić information content (AvgIpc) is 2.66.